The van der Waals surface area contributed by atoms with Gasteiger partial charge in [-0.05, 0) is 61.5 Å². The largest absolute Gasteiger partial charge is 0.460 e. The summed E-state index contributed by atoms with van der Waals surface area (Å²) in [7, 11) is 0. The van der Waals surface area contributed by atoms with E-state index in [2.05, 4.69) is 13.8 Å². The van der Waals surface area contributed by atoms with Crippen LogP contribution in [-0.2, 0) is 19.1 Å². The highest BCUT2D eigenvalue weighted by molar-refractivity contribution is 6.01. The Morgan fingerprint density at radius 1 is 1.33 bits per heavy atom. The lowest BCUT2D eigenvalue weighted by Gasteiger charge is -2.58. The van der Waals surface area contributed by atoms with Crippen LogP contribution in [0.5, 0.6) is 0 Å². The van der Waals surface area contributed by atoms with Crippen molar-refractivity contribution in [2.24, 2.45) is 34.5 Å². The van der Waals surface area contributed by atoms with Gasteiger partial charge in [0.05, 0.1) is 6.10 Å². The van der Waals surface area contributed by atoms with Crippen molar-refractivity contribution in [3.63, 3.8) is 0 Å². The van der Waals surface area contributed by atoms with Crippen LogP contribution in [0.1, 0.15) is 46.0 Å². The third-order valence-corrected chi connectivity index (χ3v) is 8.18. The highest BCUT2D eigenvalue weighted by atomic mass is 16.5. The van der Waals surface area contributed by atoms with Crippen LogP contribution in [0.15, 0.2) is 23.8 Å². The van der Waals surface area contributed by atoms with Crippen molar-refractivity contribution in [1.29, 1.82) is 0 Å². The van der Waals surface area contributed by atoms with E-state index in [1.165, 1.54) is 0 Å². The number of ketones is 2. The molecule has 7 atom stereocenters. The third-order valence-electron chi connectivity index (χ3n) is 8.18. The first kappa shape index (κ1) is 18.6. The molecule has 0 amide bonds. The number of carbonyl (C=O) groups is 3. The Labute approximate surface area is 159 Å². The maximum atomic E-state index is 12.6. The molecule has 5 heteroatoms. The number of aliphatic hydroxyl groups excluding tert-OH is 1. The molecule has 7 unspecified atom stereocenters. The molecular weight excluding hydrogens is 344 g/mol. The SMILES string of the molecule is CC12C=CC(=O)C=C1CCC1C2C(O)CC2(C)C(C(=O)COC=O)CCC12. The molecule has 27 heavy (non-hydrogen) atoms. The quantitative estimate of drug-likeness (QED) is 0.767. The van der Waals surface area contributed by atoms with Crippen LogP contribution in [-0.4, -0.2) is 35.9 Å². The Balaban J connectivity index is 1.65. The van der Waals surface area contributed by atoms with Gasteiger partial charge in [-0.15, -0.1) is 0 Å². The fraction of sp³-hybridized carbons (Fsp3) is 0.682. The maximum Gasteiger partial charge on any atom is 0.293 e. The van der Waals surface area contributed by atoms with Crippen molar-refractivity contribution < 1.29 is 24.2 Å². The van der Waals surface area contributed by atoms with Gasteiger partial charge >= 0.3 is 0 Å². The molecule has 0 radical (unpaired) electrons. The molecule has 3 fully saturated rings. The summed E-state index contributed by atoms with van der Waals surface area (Å²) < 4.78 is 4.72. The molecule has 0 aromatic rings. The van der Waals surface area contributed by atoms with E-state index in [4.69, 9.17) is 4.74 Å². The summed E-state index contributed by atoms with van der Waals surface area (Å²) in [5.74, 6) is 0.650. The lowest BCUT2D eigenvalue weighted by Crippen LogP contribution is -2.56. The normalized spacial score (nSPS) is 45.4. The van der Waals surface area contributed by atoms with Gasteiger partial charge in [0.15, 0.2) is 11.6 Å². The van der Waals surface area contributed by atoms with Crippen LogP contribution in [0.2, 0.25) is 0 Å². The van der Waals surface area contributed by atoms with E-state index >= 15 is 0 Å². The predicted octanol–water partition coefficient (Wildman–Crippen LogP) is 2.62. The second-order valence-electron chi connectivity index (χ2n) is 9.30. The van der Waals surface area contributed by atoms with E-state index in [1.807, 2.05) is 6.08 Å². The Bertz CT molecular complexity index is 737. The number of fused-ring (bicyclic) bond motifs is 5. The zero-order valence-electron chi connectivity index (χ0n) is 16.0. The Morgan fingerprint density at radius 2 is 2.11 bits per heavy atom. The molecule has 4 aliphatic carbocycles. The minimum atomic E-state index is -0.511. The third kappa shape index (κ3) is 2.65. The number of allylic oxidation sites excluding steroid dienone is 4. The van der Waals surface area contributed by atoms with Gasteiger partial charge in [-0.2, -0.15) is 0 Å². The van der Waals surface area contributed by atoms with Crippen molar-refractivity contribution in [3.8, 4) is 0 Å². The number of carbonyl (C=O) groups excluding carboxylic acids is 3. The minimum Gasteiger partial charge on any atom is -0.460 e. The van der Waals surface area contributed by atoms with Crippen molar-refractivity contribution in [2.75, 3.05) is 6.61 Å². The molecule has 0 spiro atoms. The number of hydrogen-bond donors (Lipinski definition) is 1. The number of Topliss-reactive ketones (excluding diaryl/α,β-unsaturated/α-hetero) is 1. The molecule has 0 aromatic carbocycles. The van der Waals surface area contributed by atoms with Crippen molar-refractivity contribution in [3.05, 3.63) is 23.8 Å². The smallest absolute Gasteiger partial charge is 0.293 e. The highest BCUT2D eigenvalue weighted by Gasteiger charge is 2.62. The molecule has 4 rings (SSSR count). The molecule has 3 saturated carbocycles. The summed E-state index contributed by atoms with van der Waals surface area (Å²) in [5, 5.41) is 11.2. The maximum absolute atomic E-state index is 12.6. The molecule has 1 N–H and O–H groups in total. The molecule has 0 heterocycles. The van der Waals surface area contributed by atoms with Crippen LogP contribution >= 0.6 is 0 Å². The Morgan fingerprint density at radius 3 is 2.85 bits per heavy atom. The first-order chi connectivity index (χ1) is 12.8. The number of rotatable bonds is 4. The van der Waals surface area contributed by atoms with Crippen LogP contribution in [0.3, 0.4) is 0 Å². The Hall–Kier alpha value is -1.75. The van der Waals surface area contributed by atoms with E-state index in [0.717, 1.165) is 31.3 Å². The van der Waals surface area contributed by atoms with E-state index in [9.17, 15) is 19.5 Å². The van der Waals surface area contributed by atoms with Gasteiger partial charge in [-0.25, -0.2) is 0 Å². The van der Waals surface area contributed by atoms with Gasteiger partial charge in [0.25, 0.3) is 6.47 Å². The average molecular weight is 372 g/mol. The summed E-state index contributed by atoms with van der Waals surface area (Å²) in [5.41, 5.74) is 0.611. The van der Waals surface area contributed by atoms with Crippen molar-refractivity contribution in [1.82, 2.24) is 0 Å². The molecule has 0 saturated heterocycles. The number of hydrogen-bond acceptors (Lipinski definition) is 5. The lowest BCUT2D eigenvalue weighted by molar-refractivity contribution is -0.147. The monoisotopic (exact) mass is 372 g/mol. The van der Waals surface area contributed by atoms with Gasteiger partial charge in [-0.3, -0.25) is 14.4 Å². The minimum absolute atomic E-state index is 0.0245. The predicted molar refractivity (Wildman–Crippen MR) is 98.5 cm³/mol. The van der Waals surface area contributed by atoms with Gasteiger partial charge < -0.3 is 9.84 Å². The lowest BCUT2D eigenvalue weighted by atomic mass is 9.46. The average Bonchev–Trinajstić information content (AvgIpc) is 2.96. The van der Waals surface area contributed by atoms with Crippen LogP contribution < -0.4 is 0 Å². The molecule has 0 aliphatic heterocycles. The second kappa shape index (κ2) is 6.40. The number of aliphatic hydroxyl groups is 1. The fourth-order valence-corrected chi connectivity index (χ4v) is 7.07. The first-order valence-corrected chi connectivity index (χ1v) is 10.0. The second-order valence-corrected chi connectivity index (χ2v) is 9.30. The fourth-order valence-electron chi connectivity index (χ4n) is 7.07. The first-order valence-electron chi connectivity index (χ1n) is 10.0. The Kier molecular flexibility index (Phi) is 4.41. The zero-order valence-corrected chi connectivity index (χ0v) is 16.0. The highest BCUT2D eigenvalue weighted by Crippen LogP contribution is 2.66. The molecule has 0 aromatic heterocycles. The number of ether oxygens (including phenoxy) is 1. The summed E-state index contributed by atoms with van der Waals surface area (Å²) >= 11 is 0. The molecular formula is C22H28O5. The van der Waals surface area contributed by atoms with Gasteiger partial charge in [0.1, 0.15) is 6.61 Å². The topological polar surface area (TPSA) is 80.7 Å². The van der Waals surface area contributed by atoms with Crippen molar-refractivity contribution >= 4 is 18.0 Å². The van der Waals surface area contributed by atoms with Gasteiger partial charge in [0.2, 0.25) is 0 Å². The van der Waals surface area contributed by atoms with E-state index in [-0.39, 0.29) is 40.8 Å². The summed E-state index contributed by atoms with van der Waals surface area (Å²) in [4.78, 5) is 34.9. The molecule has 4 aliphatic rings. The summed E-state index contributed by atoms with van der Waals surface area (Å²) in [6, 6.07) is 0. The van der Waals surface area contributed by atoms with Crippen LogP contribution in [0.25, 0.3) is 0 Å². The van der Waals surface area contributed by atoms with E-state index in [0.29, 0.717) is 24.7 Å². The van der Waals surface area contributed by atoms with E-state index < -0.39 is 6.10 Å². The van der Waals surface area contributed by atoms with Crippen molar-refractivity contribution in [2.45, 2.75) is 52.1 Å². The zero-order chi connectivity index (χ0) is 19.4. The summed E-state index contributed by atoms with van der Waals surface area (Å²) in [6.07, 6.45) is 9.08. The molecule has 0 bridgehead atoms. The molecule has 146 valence electrons. The van der Waals surface area contributed by atoms with Gasteiger partial charge in [-0.1, -0.05) is 25.5 Å². The van der Waals surface area contributed by atoms with Crippen LogP contribution in [0.4, 0.5) is 0 Å². The summed E-state index contributed by atoms with van der Waals surface area (Å²) in [6.45, 7) is 4.45. The van der Waals surface area contributed by atoms with Gasteiger partial charge in [0, 0.05) is 17.3 Å². The van der Waals surface area contributed by atoms with E-state index in [1.54, 1.807) is 12.2 Å². The van der Waals surface area contributed by atoms with Crippen LogP contribution in [0, 0.1) is 34.5 Å². The molecule has 5 nitrogen and oxygen atoms in total. The standard InChI is InChI=1S/C22H28O5/c1-21-8-7-14(24)9-13(21)3-4-15-16-5-6-17(19(26)11-27-12-23)22(16,2)10-18(25)20(15)21/h7-9,12,15-18,20,25H,3-6,10-11H2,1-2H3.